The maximum atomic E-state index is 12.4. The Morgan fingerprint density at radius 3 is 2.16 bits per heavy atom. The van der Waals surface area contributed by atoms with Crippen LogP contribution in [0.1, 0.15) is 99.3 Å². The number of ether oxygens (including phenoxy) is 3. The topological polar surface area (TPSA) is 169 Å². The minimum absolute atomic E-state index is 0.0232. The van der Waals surface area contributed by atoms with Gasteiger partial charge in [-0.3, -0.25) is 0 Å². The molecule has 0 aromatic rings. The van der Waals surface area contributed by atoms with Gasteiger partial charge in [-0.05, 0) is 112 Å². The molecule has 2 spiro atoms. The minimum atomic E-state index is -1.32. The van der Waals surface area contributed by atoms with Crippen LogP contribution in [0, 0.1) is 44.8 Å². The van der Waals surface area contributed by atoms with E-state index in [-0.39, 0.29) is 47.6 Å². The van der Waals surface area contributed by atoms with Gasteiger partial charge in [0, 0.05) is 11.3 Å². The van der Waals surface area contributed by atoms with Gasteiger partial charge >= 0.3 is 0 Å². The van der Waals surface area contributed by atoms with E-state index in [1.165, 1.54) is 0 Å². The second-order valence-electron chi connectivity index (χ2n) is 18.1. The summed E-state index contributed by atoms with van der Waals surface area (Å²) in [5.41, 5.74) is -3.54. The van der Waals surface area contributed by atoms with Gasteiger partial charge in [0.1, 0.15) is 18.3 Å². The molecule has 16 atom stereocenters. The highest BCUT2D eigenvalue weighted by Gasteiger charge is 2.86. The lowest BCUT2D eigenvalue weighted by molar-refractivity contribution is -0.304. The van der Waals surface area contributed by atoms with Crippen LogP contribution in [-0.4, -0.2) is 109 Å². The molecular formula is C35H58O10. The van der Waals surface area contributed by atoms with E-state index in [0.717, 1.165) is 32.1 Å². The molecular weight excluding hydrogens is 580 g/mol. The third-order valence-corrected chi connectivity index (χ3v) is 15.5. The van der Waals surface area contributed by atoms with Gasteiger partial charge in [-0.25, -0.2) is 0 Å². The molecule has 2 saturated heterocycles. The van der Waals surface area contributed by atoms with Crippen molar-refractivity contribution in [2.75, 3.05) is 13.2 Å². The van der Waals surface area contributed by atoms with Crippen molar-refractivity contribution in [1.82, 2.24) is 0 Å². The van der Waals surface area contributed by atoms with E-state index in [1.807, 2.05) is 6.92 Å². The molecule has 0 aromatic heterocycles. The Labute approximate surface area is 267 Å². The third-order valence-electron chi connectivity index (χ3n) is 15.5. The average molecular weight is 639 g/mol. The maximum Gasteiger partial charge on any atom is 0.186 e. The van der Waals surface area contributed by atoms with Crippen LogP contribution in [0.2, 0.25) is 0 Å². The molecule has 45 heavy (non-hydrogen) atoms. The van der Waals surface area contributed by atoms with Gasteiger partial charge in [0.2, 0.25) is 0 Å². The van der Waals surface area contributed by atoms with E-state index in [9.17, 15) is 35.7 Å². The molecule has 7 rings (SSSR count). The molecule has 7 fully saturated rings. The van der Waals surface area contributed by atoms with E-state index < -0.39 is 64.8 Å². The van der Waals surface area contributed by atoms with Crippen molar-refractivity contribution in [3.63, 3.8) is 0 Å². The summed E-state index contributed by atoms with van der Waals surface area (Å²) < 4.78 is 18.6. The average Bonchev–Trinajstić information content (AvgIpc) is 3.27. The number of rotatable bonds is 5. The van der Waals surface area contributed by atoms with Crippen LogP contribution in [0.25, 0.3) is 0 Å². The van der Waals surface area contributed by atoms with Crippen LogP contribution in [0.4, 0.5) is 0 Å². The lowest BCUT2D eigenvalue weighted by Gasteiger charge is -2.65. The molecule has 0 aromatic carbocycles. The summed E-state index contributed by atoms with van der Waals surface area (Å²) in [6.07, 6.45) is 0.117. The summed E-state index contributed by atoms with van der Waals surface area (Å²) in [4.78, 5) is 0. The summed E-state index contributed by atoms with van der Waals surface area (Å²) in [6.45, 7) is 11.9. The van der Waals surface area contributed by atoms with Crippen LogP contribution >= 0.6 is 0 Å². The third kappa shape index (κ3) is 4.10. The van der Waals surface area contributed by atoms with Gasteiger partial charge in [0.05, 0.1) is 48.8 Å². The van der Waals surface area contributed by atoms with Crippen molar-refractivity contribution in [3.8, 4) is 0 Å². The van der Waals surface area contributed by atoms with Gasteiger partial charge in [0.15, 0.2) is 6.29 Å². The molecule has 5 aliphatic carbocycles. The predicted octanol–water partition coefficient (Wildman–Crippen LogP) is 1.87. The molecule has 10 nitrogen and oxygen atoms in total. The molecule has 10 heteroatoms. The summed E-state index contributed by atoms with van der Waals surface area (Å²) in [5, 5.41) is 77.2. The Balaban J connectivity index is 1.17. The standard InChI is InChI=1S/C35H58O10/c1-29(2)20-7-8-21-31(5)13-18(37)27(32(6)11-9-24(45-32)30(3,4)42)35(31,17-36)22(39)14-34(21)16-33(20,34)12-10-23(29)44-28-26(41)25(40)19(38)15-43-28/h18-28,36-42H,7-17H2,1-6H3/t18-,19+,20-,21+,22+,23-,24-,25-,26+,27-,28-,31-,32+,33+,34-,35+/m0/s1. The van der Waals surface area contributed by atoms with Crippen molar-refractivity contribution < 1.29 is 50.0 Å². The van der Waals surface area contributed by atoms with E-state index in [4.69, 9.17) is 14.2 Å². The second-order valence-corrected chi connectivity index (χ2v) is 18.1. The summed E-state index contributed by atoms with van der Waals surface area (Å²) in [6, 6.07) is 0. The van der Waals surface area contributed by atoms with Crippen molar-refractivity contribution in [1.29, 1.82) is 0 Å². The van der Waals surface area contributed by atoms with Gasteiger partial charge < -0.3 is 50.0 Å². The fourth-order valence-corrected chi connectivity index (χ4v) is 13.5. The fraction of sp³-hybridized carbons (Fsp3) is 1.00. The first-order valence-electron chi connectivity index (χ1n) is 17.5. The van der Waals surface area contributed by atoms with Crippen molar-refractivity contribution in [3.05, 3.63) is 0 Å². The van der Waals surface area contributed by atoms with Crippen LogP contribution in [-0.2, 0) is 14.2 Å². The SMILES string of the molecule is CC(C)(O)[C@@H]1CC[C@](C)([C@@H]2[C@@H](O)C[C@@]3(C)[C@H]4CC[C@H]5C(C)(C)[C@@H](O[C@@H]6OC[C@@H](O)[C@H](O)[C@H]6O)CC[C@@]56C[C@@]46C[C@@H](O)[C@]23CO)O1. The quantitative estimate of drug-likeness (QED) is 0.221. The fourth-order valence-electron chi connectivity index (χ4n) is 13.5. The molecule has 0 bridgehead atoms. The van der Waals surface area contributed by atoms with E-state index in [2.05, 4.69) is 20.8 Å². The first kappa shape index (κ1) is 33.1. The number of fused-ring (bicyclic) bond motifs is 2. The highest BCUT2D eigenvalue weighted by molar-refractivity contribution is 5.34. The Hall–Kier alpha value is -0.400. The Morgan fingerprint density at radius 1 is 0.822 bits per heavy atom. The van der Waals surface area contributed by atoms with Crippen molar-refractivity contribution in [2.24, 2.45) is 44.8 Å². The zero-order valence-electron chi connectivity index (χ0n) is 28.0. The van der Waals surface area contributed by atoms with E-state index in [1.54, 1.807) is 13.8 Å². The highest BCUT2D eigenvalue weighted by Crippen LogP contribution is 2.89. The molecule has 7 aliphatic rings. The number of hydrogen-bond donors (Lipinski definition) is 7. The van der Waals surface area contributed by atoms with E-state index in [0.29, 0.717) is 31.6 Å². The lowest BCUT2D eigenvalue weighted by atomic mass is 9.40. The normalized spacial score (nSPS) is 58.7. The molecule has 258 valence electrons. The van der Waals surface area contributed by atoms with Gasteiger partial charge in [0.25, 0.3) is 0 Å². The van der Waals surface area contributed by atoms with Crippen LogP contribution in [0.3, 0.4) is 0 Å². The minimum Gasteiger partial charge on any atom is -0.396 e. The molecule has 0 unspecified atom stereocenters. The Kier molecular flexibility index (Phi) is 7.42. The van der Waals surface area contributed by atoms with Crippen LogP contribution in [0.5, 0.6) is 0 Å². The van der Waals surface area contributed by atoms with Gasteiger partial charge in [-0.1, -0.05) is 20.8 Å². The smallest absolute Gasteiger partial charge is 0.186 e. The summed E-state index contributed by atoms with van der Waals surface area (Å²) >= 11 is 0. The first-order valence-corrected chi connectivity index (χ1v) is 17.5. The monoisotopic (exact) mass is 638 g/mol. The predicted molar refractivity (Wildman–Crippen MR) is 163 cm³/mol. The Bertz CT molecular complexity index is 1170. The number of aliphatic hydroxyl groups excluding tert-OH is 6. The highest BCUT2D eigenvalue weighted by atomic mass is 16.7. The van der Waals surface area contributed by atoms with Crippen LogP contribution < -0.4 is 0 Å². The lowest BCUT2D eigenvalue weighted by Crippen LogP contribution is -2.66. The van der Waals surface area contributed by atoms with Crippen molar-refractivity contribution >= 4 is 0 Å². The molecule has 2 aliphatic heterocycles. The van der Waals surface area contributed by atoms with Crippen LogP contribution in [0.15, 0.2) is 0 Å². The molecule has 0 radical (unpaired) electrons. The van der Waals surface area contributed by atoms with Crippen molar-refractivity contribution in [2.45, 2.75) is 160 Å². The molecule has 0 amide bonds. The zero-order valence-corrected chi connectivity index (χ0v) is 28.0. The molecule has 7 N–H and O–H groups in total. The van der Waals surface area contributed by atoms with E-state index >= 15 is 0 Å². The van der Waals surface area contributed by atoms with Gasteiger partial charge in [-0.15, -0.1) is 0 Å². The molecule has 5 saturated carbocycles. The largest absolute Gasteiger partial charge is 0.396 e. The zero-order chi connectivity index (χ0) is 32.8. The maximum absolute atomic E-state index is 12.4. The van der Waals surface area contributed by atoms with Gasteiger partial charge in [-0.2, -0.15) is 0 Å². The second kappa shape index (κ2) is 10.1. The molecule has 2 heterocycles. The summed E-state index contributed by atoms with van der Waals surface area (Å²) in [5.74, 6) is 0.0995. The number of aliphatic hydroxyl groups is 7. The summed E-state index contributed by atoms with van der Waals surface area (Å²) in [7, 11) is 0. The first-order chi connectivity index (χ1) is 20.8. The Morgan fingerprint density at radius 2 is 1.51 bits per heavy atom. The number of hydrogen-bond acceptors (Lipinski definition) is 10.